The molecule has 1 aliphatic heterocycles. The second-order valence-corrected chi connectivity index (χ2v) is 2.66. The van der Waals surface area contributed by atoms with Crippen LogP contribution in [0.2, 0.25) is 0 Å². The maximum Gasteiger partial charge on any atom is 0.113 e. The Morgan fingerprint density at radius 3 is 2.33 bits per heavy atom. The molecule has 9 heavy (non-hydrogen) atoms. The first-order valence-electron chi connectivity index (χ1n) is 3.18. The third-order valence-corrected chi connectivity index (χ3v) is 1.60. The summed E-state index contributed by atoms with van der Waals surface area (Å²) in [4.78, 5) is 0. The van der Waals surface area contributed by atoms with Crippen LogP contribution < -0.4 is 5.32 Å². The summed E-state index contributed by atoms with van der Waals surface area (Å²) in [6.45, 7) is 2.79. The summed E-state index contributed by atoms with van der Waals surface area (Å²) in [5, 5.41) is 12.3. The van der Waals surface area contributed by atoms with Crippen LogP contribution >= 0.6 is 0 Å². The Labute approximate surface area is 57.3 Å². The molecule has 0 saturated carbocycles. The average Bonchev–Trinajstić information content (AvgIpc) is 1.65. The highest BCUT2D eigenvalue weighted by atomic mass is 16.3. The molecule has 1 heterocycles. The van der Waals surface area contributed by atoms with Crippen molar-refractivity contribution in [2.45, 2.75) is 39.3 Å². The fraction of sp³-hybridized carbons (Fsp3) is 1.00. The lowest BCUT2D eigenvalue weighted by Crippen LogP contribution is -2.45. The lowest BCUT2D eigenvalue weighted by molar-refractivity contribution is -0.000412. The molecule has 0 aromatic heterocycles. The van der Waals surface area contributed by atoms with Gasteiger partial charge in [0.25, 0.3) is 0 Å². The van der Waals surface area contributed by atoms with Gasteiger partial charge in [-0.15, -0.1) is 0 Å². The van der Waals surface area contributed by atoms with Crippen LogP contribution in [0.1, 0.15) is 33.6 Å². The Bertz CT molecular complexity index is 73.0. The minimum absolute atomic E-state index is 0. The van der Waals surface area contributed by atoms with Crippen LogP contribution in [-0.2, 0) is 0 Å². The SMILES string of the molecule is C.CC1(O)CCCCN1. The van der Waals surface area contributed by atoms with Gasteiger partial charge >= 0.3 is 0 Å². The van der Waals surface area contributed by atoms with Crippen molar-refractivity contribution in [3.8, 4) is 0 Å². The van der Waals surface area contributed by atoms with E-state index >= 15 is 0 Å². The fourth-order valence-electron chi connectivity index (χ4n) is 1.04. The van der Waals surface area contributed by atoms with Crippen LogP contribution in [0.25, 0.3) is 0 Å². The van der Waals surface area contributed by atoms with E-state index in [1.165, 1.54) is 6.42 Å². The summed E-state index contributed by atoms with van der Waals surface area (Å²) in [5.74, 6) is 0. The van der Waals surface area contributed by atoms with Crippen molar-refractivity contribution >= 4 is 0 Å². The maximum absolute atomic E-state index is 9.26. The van der Waals surface area contributed by atoms with Crippen molar-refractivity contribution < 1.29 is 5.11 Å². The molecule has 0 bridgehead atoms. The molecule has 1 rings (SSSR count). The molecule has 2 heteroatoms. The minimum atomic E-state index is -0.571. The van der Waals surface area contributed by atoms with E-state index in [1.807, 2.05) is 6.92 Å². The van der Waals surface area contributed by atoms with Gasteiger partial charge in [-0.2, -0.15) is 0 Å². The quantitative estimate of drug-likeness (QED) is 0.516. The number of aliphatic hydroxyl groups is 1. The van der Waals surface area contributed by atoms with Crippen LogP contribution in [0.3, 0.4) is 0 Å². The van der Waals surface area contributed by atoms with Crippen molar-refractivity contribution in [2.75, 3.05) is 6.54 Å². The number of nitrogens with one attached hydrogen (secondary N) is 1. The van der Waals surface area contributed by atoms with Gasteiger partial charge in [-0.1, -0.05) is 7.43 Å². The topological polar surface area (TPSA) is 32.3 Å². The summed E-state index contributed by atoms with van der Waals surface area (Å²) in [6, 6.07) is 0. The highest BCUT2D eigenvalue weighted by Gasteiger charge is 2.21. The molecule has 0 radical (unpaired) electrons. The van der Waals surface area contributed by atoms with Crippen LogP contribution in [0.5, 0.6) is 0 Å². The molecule has 0 amide bonds. The molecule has 0 spiro atoms. The molecule has 1 saturated heterocycles. The molecule has 1 fully saturated rings. The summed E-state index contributed by atoms with van der Waals surface area (Å²) in [6.07, 6.45) is 3.25. The molecule has 56 valence electrons. The molecule has 0 aromatic carbocycles. The van der Waals surface area contributed by atoms with Gasteiger partial charge in [-0.3, -0.25) is 5.32 Å². The summed E-state index contributed by atoms with van der Waals surface area (Å²) < 4.78 is 0. The maximum atomic E-state index is 9.26. The van der Waals surface area contributed by atoms with Crippen molar-refractivity contribution in [3.05, 3.63) is 0 Å². The highest BCUT2D eigenvalue weighted by molar-refractivity contribution is 4.73. The Morgan fingerprint density at radius 2 is 2.11 bits per heavy atom. The Balaban J connectivity index is 0.000000640. The van der Waals surface area contributed by atoms with E-state index in [0.717, 1.165) is 19.4 Å². The van der Waals surface area contributed by atoms with Gasteiger partial charge in [0.2, 0.25) is 0 Å². The number of hydrogen-bond acceptors (Lipinski definition) is 2. The van der Waals surface area contributed by atoms with E-state index in [0.29, 0.717) is 0 Å². The van der Waals surface area contributed by atoms with Gasteiger partial charge in [-0.25, -0.2) is 0 Å². The Hall–Kier alpha value is -0.0800. The van der Waals surface area contributed by atoms with E-state index in [2.05, 4.69) is 5.32 Å². The average molecular weight is 131 g/mol. The molecular weight excluding hydrogens is 114 g/mol. The smallest absolute Gasteiger partial charge is 0.113 e. The largest absolute Gasteiger partial charge is 0.376 e. The third kappa shape index (κ3) is 2.82. The zero-order valence-corrected chi connectivity index (χ0v) is 5.28. The van der Waals surface area contributed by atoms with Crippen LogP contribution in [0.4, 0.5) is 0 Å². The number of rotatable bonds is 0. The van der Waals surface area contributed by atoms with Crippen LogP contribution in [0, 0.1) is 0 Å². The molecule has 0 aliphatic carbocycles. The van der Waals surface area contributed by atoms with Crippen molar-refractivity contribution in [1.82, 2.24) is 5.32 Å². The first-order chi connectivity index (χ1) is 3.71. The summed E-state index contributed by atoms with van der Waals surface area (Å²) >= 11 is 0. The second kappa shape index (κ2) is 3.18. The van der Waals surface area contributed by atoms with Gasteiger partial charge in [-0.05, 0) is 32.7 Å². The van der Waals surface area contributed by atoms with Gasteiger partial charge in [0.05, 0.1) is 0 Å². The molecule has 2 N–H and O–H groups in total. The highest BCUT2D eigenvalue weighted by Crippen LogP contribution is 2.13. The van der Waals surface area contributed by atoms with Crippen LogP contribution in [0.15, 0.2) is 0 Å². The molecule has 2 nitrogen and oxygen atoms in total. The lowest BCUT2D eigenvalue weighted by Gasteiger charge is -2.28. The van der Waals surface area contributed by atoms with Crippen molar-refractivity contribution in [3.63, 3.8) is 0 Å². The first kappa shape index (κ1) is 8.92. The van der Waals surface area contributed by atoms with E-state index < -0.39 is 5.72 Å². The standard InChI is InChI=1S/C6H13NO.CH4/c1-6(8)4-2-3-5-7-6;/h7-8H,2-5H2,1H3;1H4. The Morgan fingerprint density at radius 1 is 1.44 bits per heavy atom. The lowest BCUT2D eigenvalue weighted by atomic mass is 10.0. The minimum Gasteiger partial charge on any atom is -0.376 e. The number of hydrogen-bond donors (Lipinski definition) is 2. The van der Waals surface area contributed by atoms with Crippen molar-refractivity contribution in [1.29, 1.82) is 0 Å². The predicted molar refractivity (Wildman–Crippen MR) is 39.2 cm³/mol. The molecule has 0 aromatic rings. The predicted octanol–water partition coefficient (Wildman–Crippen LogP) is 1.10. The second-order valence-electron chi connectivity index (χ2n) is 2.66. The normalized spacial score (nSPS) is 35.3. The monoisotopic (exact) mass is 131 g/mol. The van der Waals surface area contributed by atoms with E-state index in [1.54, 1.807) is 0 Å². The van der Waals surface area contributed by atoms with Gasteiger partial charge < -0.3 is 5.11 Å². The van der Waals surface area contributed by atoms with Gasteiger partial charge in [0.1, 0.15) is 5.72 Å². The molecule has 1 atom stereocenters. The van der Waals surface area contributed by atoms with Gasteiger partial charge in [0.15, 0.2) is 0 Å². The molecule has 1 aliphatic rings. The van der Waals surface area contributed by atoms with Crippen LogP contribution in [-0.4, -0.2) is 17.4 Å². The molecule has 1 unspecified atom stereocenters. The van der Waals surface area contributed by atoms with Gasteiger partial charge in [0, 0.05) is 0 Å². The zero-order valence-electron chi connectivity index (χ0n) is 5.28. The van der Waals surface area contributed by atoms with E-state index in [-0.39, 0.29) is 7.43 Å². The fourth-order valence-corrected chi connectivity index (χ4v) is 1.04. The van der Waals surface area contributed by atoms with Crippen molar-refractivity contribution in [2.24, 2.45) is 0 Å². The number of piperidine rings is 1. The summed E-state index contributed by atoms with van der Waals surface area (Å²) in [7, 11) is 0. The first-order valence-corrected chi connectivity index (χ1v) is 3.18. The van der Waals surface area contributed by atoms with E-state index in [9.17, 15) is 5.11 Å². The molecular formula is C7H17NO. The third-order valence-electron chi connectivity index (χ3n) is 1.60. The van der Waals surface area contributed by atoms with E-state index in [4.69, 9.17) is 0 Å². The Kier molecular flexibility index (Phi) is 3.15. The summed E-state index contributed by atoms with van der Waals surface area (Å²) in [5.41, 5.74) is -0.571. The zero-order chi connectivity index (χ0) is 6.04.